The molecule has 4 aliphatic carbocycles. The van der Waals surface area contributed by atoms with Crippen molar-refractivity contribution in [1.82, 2.24) is 0 Å². The maximum atomic E-state index is 13.4. The zero-order valence-corrected chi connectivity index (χ0v) is 23.9. The second-order valence-corrected chi connectivity index (χ2v) is 13.1. The van der Waals surface area contributed by atoms with E-state index in [1.54, 1.807) is 12.5 Å². The summed E-state index contributed by atoms with van der Waals surface area (Å²) < 4.78 is 0. The second-order valence-electron chi connectivity index (χ2n) is 13.1. The summed E-state index contributed by atoms with van der Waals surface area (Å²) in [5.74, 6) is 8.00. The van der Waals surface area contributed by atoms with Gasteiger partial charge in [-0.05, 0) is 116 Å². The zero-order valence-electron chi connectivity index (χ0n) is 23.9. The predicted octanol–water partition coefficient (Wildman–Crippen LogP) is 6.39. The molecule has 1 aromatic rings. The van der Waals surface area contributed by atoms with Crippen molar-refractivity contribution in [2.45, 2.75) is 84.5 Å². The Balaban J connectivity index is 1.49. The van der Waals surface area contributed by atoms with Crippen LogP contribution in [0.5, 0.6) is 0 Å². The van der Waals surface area contributed by atoms with E-state index >= 15 is 0 Å². The third-order valence-corrected chi connectivity index (χ3v) is 11.3. The normalized spacial score (nSPS) is 35.8. The van der Waals surface area contributed by atoms with Crippen LogP contribution in [0.15, 0.2) is 47.1 Å². The van der Waals surface area contributed by atoms with Gasteiger partial charge < -0.3 is 10.0 Å². The number of piperidine rings is 1. The average molecular weight is 526 g/mol. The largest absolute Gasteiger partial charge is 0.384 e. The Hall–Kier alpha value is -2.64. The lowest BCUT2D eigenvalue weighted by Crippen LogP contribution is -2.50. The van der Waals surface area contributed by atoms with E-state index in [1.165, 1.54) is 41.7 Å². The van der Waals surface area contributed by atoms with E-state index in [1.807, 2.05) is 6.08 Å². The number of anilines is 1. The Morgan fingerprint density at radius 1 is 1.13 bits per heavy atom. The van der Waals surface area contributed by atoms with Gasteiger partial charge in [0, 0.05) is 31.1 Å². The highest BCUT2D eigenvalue weighted by atomic mass is 16.2. The summed E-state index contributed by atoms with van der Waals surface area (Å²) in [5.41, 5.74) is 5.91. The molecule has 1 aliphatic heterocycles. The van der Waals surface area contributed by atoms with Crippen molar-refractivity contribution in [1.29, 1.82) is 0 Å². The van der Waals surface area contributed by atoms with Crippen molar-refractivity contribution in [3.05, 3.63) is 52.6 Å². The number of aliphatic hydroxyl groups is 1. The lowest BCUT2D eigenvalue weighted by atomic mass is 9.47. The van der Waals surface area contributed by atoms with Gasteiger partial charge in [0.25, 0.3) is 0 Å². The van der Waals surface area contributed by atoms with E-state index in [0.29, 0.717) is 24.2 Å². The molecule has 1 saturated heterocycles. The minimum absolute atomic E-state index is 0.149. The minimum Gasteiger partial charge on any atom is -0.384 e. The number of Topliss-reactive ketones (excluding diaryl/α,β-unsaturated/α-hetero) is 1. The number of fused-ring (bicyclic) bond motifs is 4. The number of benzene rings is 1. The topological polar surface area (TPSA) is 57.6 Å². The van der Waals surface area contributed by atoms with Gasteiger partial charge in [-0.2, -0.15) is 0 Å². The molecule has 6 rings (SSSR count). The van der Waals surface area contributed by atoms with Crippen LogP contribution in [-0.2, 0) is 9.59 Å². The molecule has 39 heavy (non-hydrogen) atoms. The van der Waals surface area contributed by atoms with E-state index in [0.717, 1.165) is 45.2 Å². The number of hydrogen-bond acceptors (Lipinski definition) is 4. The Bertz CT molecular complexity index is 1290. The molecule has 5 aliphatic rings. The van der Waals surface area contributed by atoms with E-state index in [2.05, 4.69) is 54.9 Å². The van der Waals surface area contributed by atoms with Crippen LogP contribution >= 0.6 is 0 Å². The molecule has 4 nitrogen and oxygen atoms in total. The van der Waals surface area contributed by atoms with Crippen molar-refractivity contribution in [3.8, 4) is 11.8 Å². The van der Waals surface area contributed by atoms with Gasteiger partial charge in [0.2, 0.25) is 0 Å². The van der Waals surface area contributed by atoms with Gasteiger partial charge in [-0.15, -0.1) is 0 Å². The number of aliphatic hydroxyl groups excluding tert-OH is 1. The van der Waals surface area contributed by atoms with Crippen LogP contribution < -0.4 is 4.90 Å². The summed E-state index contributed by atoms with van der Waals surface area (Å²) in [6, 6.07) is 9.28. The van der Waals surface area contributed by atoms with Gasteiger partial charge in [-0.3, -0.25) is 9.59 Å². The smallest absolute Gasteiger partial charge is 0.156 e. The SMILES string of the molecule is CC(=O)[C@@]1(C#CCO)CC[C@H]2[C@@H]3CC(C)C4=CC(=O)CCC4=C3C(c3ccc(N4CCCCC4)cc3)C[C@@]21C. The summed E-state index contributed by atoms with van der Waals surface area (Å²) in [6.07, 6.45) is 10.9. The van der Waals surface area contributed by atoms with Crippen LogP contribution in [0.2, 0.25) is 0 Å². The first-order valence-corrected chi connectivity index (χ1v) is 15.2. The second kappa shape index (κ2) is 10.1. The molecule has 4 heteroatoms. The molecule has 0 aromatic heterocycles. The number of allylic oxidation sites excluding steroid dienone is 4. The van der Waals surface area contributed by atoms with Gasteiger partial charge in [-0.1, -0.05) is 43.4 Å². The first-order valence-electron chi connectivity index (χ1n) is 15.2. The summed E-state index contributed by atoms with van der Waals surface area (Å²) >= 11 is 0. The van der Waals surface area contributed by atoms with Gasteiger partial charge >= 0.3 is 0 Å². The fraction of sp³-hybridized carbons (Fsp3) is 0.600. The molecule has 3 fully saturated rings. The Kier molecular flexibility index (Phi) is 6.87. The van der Waals surface area contributed by atoms with Crippen LogP contribution in [0.25, 0.3) is 0 Å². The zero-order chi connectivity index (χ0) is 27.4. The highest BCUT2D eigenvalue weighted by Gasteiger charge is 2.65. The highest BCUT2D eigenvalue weighted by molar-refractivity contribution is 5.93. The Labute approximate surface area is 233 Å². The third-order valence-electron chi connectivity index (χ3n) is 11.3. The number of nitrogens with zero attached hydrogens (tertiary/aromatic N) is 1. The molecular weight excluding hydrogens is 482 g/mol. The lowest BCUT2D eigenvalue weighted by molar-refractivity contribution is -0.130. The molecule has 6 atom stereocenters. The first-order chi connectivity index (χ1) is 18.8. The maximum Gasteiger partial charge on any atom is 0.156 e. The van der Waals surface area contributed by atoms with E-state index in [4.69, 9.17) is 0 Å². The van der Waals surface area contributed by atoms with Crippen molar-refractivity contribution >= 4 is 17.3 Å². The number of rotatable bonds is 3. The van der Waals surface area contributed by atoms with Crippen LogP contribution in [-0.4, -0.2) is 36.4 Å². The maximum absolute atomic E-state index is 13.4. The lowest BCUT2D eigenvalue weighted by Gasteiger charge is -2.55. The predicted molar refractivity (Wildman–Crippen MR) is 155 cm³/mol. The van der Waals surface area contributed by atoms with Gasteiger partial charge in [0.05, 0.1) is 5.41 Å². The molecule has 0 spiro atoms. The summed E-state index contributed by atoms with van der Waals surface area (Å²) in [7, 11) is 0. The van der Waals surface area contributed by atoms with Gasteiger partial charge in [0.1, 0.15) is 12.4 Å². The van der Waals surface area contributed by atoms with Gasteiger partial charge in [-0.25, -0.2) is 0 Å². The van der Waals surface area contributed by atoms with E-state index in [9.17, 15) is 14.7 Å². The monoisotopic (exact) mass is 525 g/mol. The highest BCUT2D eigenvalue weighted by Crippen LogP contribution is 2.70. The van der Waals surface area contributed by atoms with Crippen molar-refractivity contribution in [3.63, 3.8) is 0 Å². The standard InChI is InChI=1S/C35H43NO3/c1-23-20-30-32-14-16-35(24(2)38,15-7-19-37)34(32,3)22-31(33(30)28-13-12-27(39)21-29(23)28)25-8-10-26(11-9-25)36-17-5-4-6-18-36/h8-11,21,23,30-32,37H,4-6,12-14,16-20,22H2,1-3H3/t23?,30-,31?,32-,34-,35+/m0/s1. The molecular formula is C35H43NO3. The number of ketones is 2. The molecule has 2 unspecified atom stereocenters. The molecule has 2 saturated carbocycles. The molecule has 0 bridgehead atoms. The number of hydrogen-bond donors (Lipinski definition) is 1. The summed E-state index contributed by atoms with van der Waals surface area (Å²) in [4.78, 5) is 28.4. The van der Waals surface area contributed by atoms with Crippen LogP contribution in [0.3, 0.4) is 0 Å². The van der Waals surface area contributed by atoms with Crippen molar-refractivity contribution < 1.29 is 14.7 Å². The first kappa shape index (κ1) is 26.6. The molecule has 1 heterocycles. The summed E-state index contributed by atoms with van der Waals surface area (Å²) in [5, 5.41) is 9.61. The van der Waals surface area contributed by atoms with Crippen LogP contribution in [0, 0.1) is 40.4 Å². The van der Waals surface area contributed by atoms with Crippen LogP contribution in [0.4, 0.5) is 5.69 Å². The van der Waals surface area contributed by atoms with E-state index in [-0.39, 0.29) is 29.5 Å². The van der Waals surface area contributed by atoms with Gasteiger partial charge in [0.15, 0.2) is 5.78 Å². The molecule has 1 aromatic carbocycles. The molecule has 0 amide bonds. The third kappa shape index (κ3) is 4.15. The molecule has 1 N–H and O–H groups in total. The number of carbonyl (C=O) groups excluding carboxylic acids is 2. The Morgan fingerprint density at radius 2 is 1.87 bits per heavy atom. The average Bonchev–Trinajstić information content (AvgIpc) is 3.25. The van der Waals surface area contributed by atoms with Crippen LogP contribution in [0.1, 0.15) is 90.0 Å². The van der Waals surface area contributed by atoms with Crippen molar-refractivity contribution in [2.24, 2.45) is 28.6 Å². The van der Waals surface area contributed by atoms with Crippen molar-refractivity contribution in [2.75, 3.05) is 24.6 Å². The Morgan fingerprint density at radius 3 is 2.56 bits per heavy atom. The molecule has 206 valence electrons. The fourth-order valence-corrected chi connectivity index (χ4v) is 9.41. The summed E-state index contributed by atoms with van der Waals surface area (Å²) in [6.45, 7) is 8.38. The number of carbonyl (C=O) groups is 2. The fourth-order valence-electron chi connectivity index (χ4n) is 9.41. The van der Waals surface area contributed by atoms with E-state index < -0.39 is 5.41 Å². The quantitative estimate of drug-likeness (QED) is 0.465. The molecule has 0 radical (unpaired) electrons. The minimum atomic E-state index is -0.718.